The van der Waals surface area contributed by atoms with Gasteiger partial charge in [-0.15, -0.1) is 0 Å². The van der Waals surface area contributed by atoms with Crippen molar-refractivity contribution >= 4 is 27.8 Å². The third-order valence-electron chi connectivity index (χ3n) is 2.39. The largest absolute Gasteiger partial charge is 0.364 e. The lowest BCUT2D eigenvalue weighted by molar-refractivity contribution is -0.159. The number of carbonyl (C=O) groups is 2. The first-order chi connectivity index (χ1) is 9.20. The van der Waals surface area contributed by atoms with Crippen LogP contribution < -0.4 is 5.48 Å². The first-order valence-corrected chi connectivity index (χ1v) is 6.89. The topological polar surface area (TPSA) is 64.6 Å². The second kappa shape index (κ2) is 6.85. The molecule has 5 nitrogen and oxygen atoms in total. The molecule has 0 atom stereocenters. The van der Waals surface area contributed by atoms with Crippen molar-refractivity contribution in [3.8, 4) is 0 Å². The van der Waals surface area contributed by atoms with Crippen molar-refractivity contribution in [3.63, 3.8) is 0 Å². The van der Waals surface area contributed by atoms with Crippen LogP contribution in [-0.2, 0) is 14.4 Å². The molecular weight excluding hydrogens is 326 g/mol. The molecule has 0 unspecified atom stereocenters. The van der Waals surface area contributed by atoms with Crippen LogP contribution in [0, 0.1) is 6.92 Å². The lowest BCUT2D eigenvalue weighted by atomic mass is 10.1. The Morgan fingerprint density at radius 3 is 2.55 bits per heavy atom. The van der Waals surface area contributed by atoms with Crippen LogP contribution in [0.3, 0.4) is 0 Å². The molecule has 0 spiro atoms. The zero-order valence-electron chi connectivity index (χ0n) is 12.0. The van der Waals surface area contributed by atoms with Gasteiger partial charge in [-0.1, -0.05) is 22.0 Å². The molecule has 1 rings (SSSR count). The van der Waals surface area contributed by atoms with E-state index in [1.54, 1.807) is 19.1 Å². The molecule has 0 fully saturated rings. The maximum absolute atomic E-state index is 11.9. The highest BCUT2D eigenvalue weighted by Crippen LogP contribution is 2.19. The molecule has 0 saturated heterocycles. The summed E-state index contributed by atoms with van der Waals surface area (Å²) in [6.45, 7) is 7.04. The van der Waals surface area contributed by atoms with Crippen molar-refractivity contribution in [1.82, 2.24) is 5.48 Å². The summed E-state index contributed by atoms with van der Waals surface area (Å²) in [4.78, 5) is 27.9. The Kier molecular flexibility index (Phi) is 5.71. The van der Waals surface area contributed by atoms with Gasteiger partial charge < -0.3 is 9.57 Å². The Labute approximate surface area is 126 Å². The van der Waals surface area contributed by atoms with E-state index >= 15 is 0 Å². The third kappa shape index (κ3) is 5.30. The van der Waals surface area contributed by atoms with E-state index in [0.29, 0.717) is 5.56 Å². The summed E-state index contributed by atoms with van der Waals surface area (Å²) >= 11 is 3.33. The van der Waals surface area contributed by atoms with Gasteiger partial charge in [0.05, 0.1) is 5.60 Å². The highest BCUT2D eigenvalue weighted by Gasteiger charge is 2.16. The minimum atomic E-state index is -0.652. The molecule has 1 aromatic carbocycles. The molecule has 1 aromatic rings. The van der Waals surface area contributed by atoms with E-state index in [4.69, 9.17) is 4.74 Å². The number of rotatable bonds is 3. The summed E-state index contributed by atoms with van der Waals surface area (Å²) in [5.74, 6) is -1.13. The van der Waals surface area contributed by atoms with Crippen LogP contribution in [0.15, 0.2) is 22.7 Å². The number of benzene rings is 1. The Morgan fingerprint density at radius 1 is 1.30 bits per heavy atom. The van der Waals surface area contributed by atoms with Gasteiger partial charge in [-0.25, -0.2) is 4.79 Å². The Balaban J connectivity index is 2.51. The molecule has 0 aliphatic heterocycles. The normalized spacial score (nSPS) is 11.1. The molecule has 1 N–H and O–H groups in total. The average molecular weight is 344 g/mol. The van der Waals surface area contributed by atoms with Crippen LogP contribution in [0.4, 0.5) is 0 Å². The third-order valence-corrected chi connectivity index (χ3v) is 3.25. The van der Waals surface area contributed by atoms with E-state index in [1.165, 1.54) is 0 Å². The van der Waals surface area contributed by atoms with Crippen molar-refractivity contribution in [2.24, 2.45) is 0 Å². The maximum Gasteiger partial charge on any atom is 0.357 e. The van der Waals surface area contributed by atoms with E-state index in [2.05, 4.69) is 26.2 Å². The Morgan fingerprint density at radius 2 is 1.95 bits per heavy atom. The molecule has 110 valence electrons. The fourth-order valence-corrected chi connectivity index (χ4v) is 1.68. The van der Waals surface area contributed by atoms with E-state index in [9.17, 15) is 9.59 Å². The molecule has 20 heavy (non-hydrogen) atoms. The van der Waals surface area contributed by atoms with Crippen LogP contribution in [-0.4, -0.2) is 24.1 Å². The maximum atomic E-state index is 11.9. The fraction of sp³-hybridized carbons (Fsp3) is 0.429. The van der Waals surface area contributed by atoms with Crippen LogP contribution in [0.1, 0.15) is 36.7 Å². The number of ether oxygens (including phenoxy) is 1. The van der Waals surface area contributed by atoms with Gasteiger partial charge in [-0.05, 0) is 45.4 Å². The smallest absolute Gasteiger partial charge is 0.357 e. The first-order valence-electron chi connectivity index (χ1n) is 6.10. The molecule has 0 aliphatic rings. The zero-order chi connectivity index (χ0) is 15.3. The van der Waals surface area contributed by atoms with Crippen molar-refractivity contribution in [3.05, 3.63) is 33.8 Å². The predicted molar refractivity (Wildman–Crippen MR) is 78.1 cm³/mol. The second-order valence-electron chi connectivity index (χ2n) is 5.22. The van der Waals surface area contributed by atoms with Crippen LogP contribution >= 0.6 is 15.9 Å². The van der Waals surface area contributed by atoms with Gasteiger partial charge in [0.25, 0.3) is 5.91 Å². The number of hydrogen-bond acceptors (Lipinski definition) is 4. The highest BCUT2D eigenvalue weighted by atomic mass is 79.9. The standard InChI is InChI=1S/C14H18BrNO4/c1-9-10(6-5-7-11(9)15)13(18)16-20-12(17)8-19-14(2,3)4/h5-7H,8H2,1-4H3,(H,16,18). The van der Waals surface area contributed by atoms with Gasteiger partial charge in [-0.3, -0.25) is 4.79 Å². The van der Waals surface area contributed by atoms with Gasteiger partial charge in [0.2, 0.25) is 0 Å². The van der Waals surface area contributed by atoms with Crippen molar-refractivity contribution in [2.45, 2.75) is 33.3 Å². The summed E-state index contributed by atoms with van der Waals surface area (Å²) in [5.41, 5.74) is 2.88. The first kappa shape index (κ1) is 16.7. The summed E-state index contributed by atoms with van der Waals surface area (Å²) in [6.07, 6.45) is 0. The summed E-state index contributed by atoms with van der Waals surface area (Å²) in [5, 5.41) is 0. The zero-order valence-corrected chi connectivity index (χ0v) is 13.5. The van der Waals surface area contributed by atoms with Crippen LogP contribution in [0.5, 0.6) is 0 Å². The predicted octanol–water partition coefficient (Wildman–Crippen LogP) is 2.76. The summed E-state index contributed by atoms with van der Waals surface area (Å²) in [6, 6.07) is 5.21. The molecule has 1 amide bonds. The van der Waals surface area contributed by atoms with Crippen LogP contribution in [0.25, 0.3) is 0 Å². The minimum absolute atomic E-state index is 0.221. The number of hydrogen-bond donors (Lipinski definition) is 1. The second-order valence-corrected chi connectivity index (χ2v) is 6.07. The molecule has 6 heteroatoms. The summed E-state index contributed by atoms with van der Waals surface area (Å²) in [7, 11) is 0. The molecule has 0 heterocycles. The molecule has 0 saturated carbocycles. The van der Waals surface area contributed by atoms with Gasteiger partial charge in [0.1, 0.15) is 6.61 Å². The lowest BCUT2D eigenvalue weighted by Crippen LogP contribution is -2.31. The van der Waals surface area contributed by atoms with Crippen molar-refractivity contribution in [1.29, 1.82) is 0 Å². The van der Waals surface area contributed by atoms with E-state index in [-0.39, 0.29) is 6.61 Å². The average Bonchev–Trinajstić information content (AvgIpc) is 2.36. The number of carbonyl (C=O) groups excluding carboxylic acids is 2. The number of nitrogens with one attached hydrogen (secondary N) is 1. The summed E-state index contributed by atoms with van der Waals surface area (Å²) < 4.78 is 6.05. The molecule has 0 aliphatic carbocycles. The molecule has 0 aromatic heterocycles. The Hall–Kier alpha value is -1.40. The molecule has 0 bridgehead atoms. The molecular formula is C14H18BrNO4. The minimum Gasteiger partial charge on any atom is -0.364 e. The van der Waals surface area contributed by atoms with Gasteiger partial charge in [0.15, 0.2) is 0 Å². The van der Waals surface area contributed by atoms with Crippen LogP contribution in [0.2, 0.25) is 0 Å². The quantitative estimate of drug-likeness (QED) is 0.857. The monoisotopic (exact) mass is 343 g/mol. The van der Waals surface area contributed by atoms with E-state index in [0.717, 1.165) is 10.0 Å². The van der Waals surface area contributed by atoms with Gasteiger partial charge in [0, 0.05) is 10.0 Å². The van der Waals surface area contributed by atoms with Crippen molar-refractivity contribution < 1.29 is 19.2 Å². The van der Waals surface area contributed by atoms with E-state index in [1.807, 2.05) is 26.8 Å². The molecule has 0 radical (unpaired) electrons. The number of amides is 1. The number of hydroxylamine groups is 1. The SMILES string of the molecule is Cc1c(Br)cccc1C(=O)NOC(=O)COC(C)(C)C. The lowest BCUT2D eigenvalue weighted by Gasteiger charge is -2.18. The van der Waals surface area contributed by atoms with E-state index < -0.39 is 17.5 Å². The van der Waals surface area contributed by atoms with Gasteiger partial charge >= 0.3 is 5.97 Å². The highest BCUT2D eigenvalue weighted by molar-refractivity contribution is 9.10. The number of halogens is 1. The fourth-order valence-electron chi connectivity index (χ4n) is 1.32. The Bertz CT molecular complexity index is 508. The van der Waals surface area contributed by atoms with Crippen molar-refractivity contribution in [2.75, 3.05) is 6.61 Å². The van der Waals surface area contributed by atoms with Gasteiger partial charge in [-0.2, -0.15) is 5.48 Å².